The minimum absolute atomic E-state index is 0.0734. The number of rotatable bonds is 5. The maximum absolute atomic E-state index is 11.5. The number of hydrogen-bond donors (Lipinski definition) is 3. The number of carboxylic acids is 1. The van der Waals surface area contributed by atoms with E-state index in [0.29, 0.717) is 0 Å². The Morgan fingerprint density at radius 3 is 2.50 bits per heavy atom. The molecule has 1 unspecified atom stereocenters. The van der Waals surface area contributed by atoms with Crippen LogP contribution < -0.4 is 10.6 Å². The van der Waals surface area contributed by atoms with Crippen molar-refractivity contribution in [2.45, 2.75) is 51.1 Å². The lowest BCUT2D eigenvalue weighted by atomic mass is 9.95. The SMILES string of the molecule is CC(NCC(=O)NC1CCCCC1)C(=O)O. The highest BCUT2D eigenvalue weighted by Crippen LogP contribution is 2.16. The molecular weight excluding hydrogens is 208 g/mol. The number of carbonyl (C=O) groups excluding carboxylic acids is 1. The van der Waals surface area contributed by atoms with E-state index in [-0.39, 0.29) is 18.5 Å². The third kappa shape index (κ3) is 4.61. The molecule has 16 heavy (non-hydrogen) atoms. The molecule has 0 aromatic carbocycles. The lowest BCUT2D eigenvalue weighted by Crippen LogP contribution is -2.45. The predicted molar refractivity (Wildman–Crippen MR) is 60.1 cm³/mol. The molecule has 1 fully saturated rings. The quantitative estimate of drug-likeness (QED) is 0.640. The van der Waals surface area contributed by atoms with Crippen molar-refractivity contribution in [3.05, 3.63) is 0 Å². The van der Waals surface area contributed by atoms with Gasteiger partial charge in [-0.3, -0.25) is 14.9 Å². The van der Waals surface area contributed by atoms with Crippen molar-refractivity contribution >= 4 is 11.9 Å². The summed E-state index contributed by atoms with van der Waals surface area (Å²) in [7, 11) is 0. The summed E-state index contributed by atoms with van der Waals surface area (Å²) >= 11 is 0. The Bertz CT molecular complexity index is 250. The summed E-state index contributed by atoms with van der Waals surface area (Å²) in [6.45, 7) is 1.60. The fourth-order valence-electron chi connectivity index (χ4n) is 1.86. The molecule has 0 aromatic heterocycles. The molecule has 1 saturated carbocycles. The van der Waals surface area contributed by atoms with E-state index >= 15 is 0 Å². The van der Waals surface area contributed by atoms with Gasteiger partial charge in [0.1, 0.15) is 6.04 Å². The fraction of sp³-hybridized carbons (Fsp3) is 0.818. The molecule has 5 nitrogen and oxygen atoms in total. The summed E-state index contributed by atoms with van der Waals surface area (Å²) in [5.74, 6) is -1.05. The van der Waals surface area contributed by atoms with E-state index in [1.54, 1.807) is 0 Å². The van der Waals surface area contributed by atoms with Crippen LogP contribution in [0.1, 0.15) is 39.0 Å². The summed E-state index contributed by atoms with van der Waals surface area (Å²) in [4.78, 5) is 22.0. The second-order valence-corrected chi connectivity index (χ2v) is 4.34. The predicted octanol–water partition coefficient (Wildman–Crippen LogP) is 0.498. The molecule has 1 aliphatic rings. The van der Waals surface area contributed by atoms with Gasteiger partial charge in [-0.2, -0.15) is 0 Å². The maximum Gasteiger partial charge on any atom is 0.320 e. The van der Waals surface area contributed by atoms with Gasteiger partial charge in [0.25, 0.3) is 0 Å². The van der Waals surface area contributed by atoms with Gasteiger partial charge in [0, 0.05) is 6.04 Å². The van der Waals surface area contributed by atoms with Gasteiger partial charge in [-0.05, 0) is 19.8 Å². The third-order valence-electron chi connectivity index (χ3n) is 2.91. The highest BCUT2D eigenvalue weighted by atomic mass is 16.4. The van der Waals surface area contributed by atoms with Crippen LogP contribution >= 0.6 is 0 Å². The van der Waals surface area contributed by atoms with Gasteiger partial charge in [-0.25, -0.2) is 0 Å². The van der Waals surface area contributed by atoms with Gasteiger partial charge in [0.05, 0.1) is 6.54 Å². The third-order valence-corrected chi connectivity index (χ3v) is 2.91. The van der Waals surface area contributed by atoms with Crippen LogP contribution in [0.4, 0.5) is 0 Å². The molecule has 5 heteroatoms. The molecule has 0 spiro atoms. The smallest absolute Gasteiger partial charge is 0.320 e. The van der Waals surface area contributed by atoms with Crippen LogP contribution in [-0.2, 0) is 9.59 Å². The van der Waals surface area contributed by atoms with E-state index < -0.39 is 12.0 Å². The second-order valence-electron chi connectivity index (χ2n) is 4.34. The van der Waals surface area contributed by atoms with E-state index in [1.807, 2.05) is 0 Å². The van der Waals surface area contributed by atoms with E-state index in [1.165, 1.54) is 26.2 Å². The Morgan fingerprint density at radius 2 is 1.94 bits per heavy atom. The van der Waals surface area contributed by atoms with E-state index in [9.17, 15) is 9.59 Å². The van der Waals surface area contributed by atoms with Gasteiger partial charge in [0.2, 0.25) is 5.91 Å². The Balaban J connectivity index is 2.17. The second kappa shape index (κ2) is 6.48. The molecule has 1 atom stereocenters. The minimum Gasteiger partial charge on any atom is -0.480 e. The van der Waals surface area contributed by atoms with Crippen LogP contribution in [0.3, 0.4) is 0 Å². The van der Waals surface area contributed by atoms with Crippen molar-refractivity contribution in [1.29, 1.82) is 0 Å². The number of amides is 1. The number of aliphatic carboxylic acids is 1. The lowest BCUT2D eigenvalue weighted by Gasteiger charge is -2.23. The summed E-state index contributed by atoms with van der Waals surface area (Å²) < 4.78 is 0. The van der Waals surface area contributed by atoms with Crippen LogP contribution in [0.2, 0.25) is 0 Å². The molecule has 92 valence electrons. The zero-order valence-electron chi connectivity index (χ0n) is 9.66. The average molecular weight is 228 g/mol. The molecule has 1 aliphatic carbocycles. The molecule has 1 amide bonds. The zero-order valence-corrected chi connectivity index (χ0v) is 9.66. The molecule has 0 heterocycles. The first kappa shape index (κ1) is 13.0. The standard InChI is InChI=1S/C11H20N2O3/c1-8(11(15)16)12-7-10(14)13-9-5-3-2-4-6-9/h8-9,12H,2-7H2,1H3,(H,13,14)(H,15,16). The Kier molecular flexibility index (Phi) is 5.25. The molecular formula is C11H20N2O3. The number of carboxylic acid groups (broad SMARTS) is 1. The minimum atomic E-state index is -0.939. The highest BCUT2D eigenvalue weighted by Gasteiger charge is 2.16. The molecule has 0 radical (unpaired) electrons. The number of carbonyl (C=O) groups is 2. The normalized spacial score (nSPS) is 19.1. The molecule has 1 rings (SSSR count). The summed E-state index contributed by atoms with van der Waals surface area (Å²) in [5.41, 5.74) is 0. The van der Waals surface area contributed by atoms with Gasteiger partial charge >= 0.3 is 5.97 Å². The molecule has 0 bridgehead atoms. The first-order valence-electron chi connectivity index (χ1n) is 5.85. The summed E-state index contributed by atoms with van der Waals surface area (Å²) in [5, 5.41) is 14.2. The maximum atomic E-state index is 11.5. The number of nitrogens with one attached hydrogen (secondary N) is 2. The largest absolute Gasteiger partial charge is 0.480 e. The molecule has 0 aromatic rings. The van der Waals surface area contributed by atoms with Gasteiger partial charge in [-0.15, -0.1) is 0 Å². The Labute approximate surface area is 95.6 Å². The van der Waals surface area contributed by atoms with Crippen LogP contribution in [0.15, 0.2) is 0 Å². The van der Waals surface area contributed by atoms with E-state index in [0.717, 1.165) is 12.8 Å². The zero-order chi connectivity index (χ0) is 12.0. The molecule has 3 N–H and O–H groups in total. The molecule has 0 saturated heterocycles. The Hall–Kier alpha value is -1.10. The van der Waals surface area contributed by atoms with Crippen LogP contribution in [0.5, 0.6) is 0 Å². The monoisotopic (exact) mass is 228 g/mol. The van der Waals surface area contributed by atoms with Gasteiger partial charge in [-0.1, -0.05) is 19.3 Å². The van der Waals surface area contributed by atoms with Crippen molar-refractivity contribution in [2.75, 3.05) is 6.54 Å². The fourth-order valence-corrected chi connectivity index (χ4v) is 1.86. The van der Waals surface area contributed by atoms with Gasteiger partial charge in [0.15, 0.2) is 0 Å². The first-order valence-corrected chi connectivity index (χ1v) is 5.85. The van der Waals surface area contributed by atoms with Gasteiger partial charge < -0.3 is 10.4 Å². The van der Waals surface area contributed by atoms with Crippen molar-refractivity contribution < 1.29 is 14.7 Å². The first-order chi connectivity index (χ1) is 7.59. The van der Waals surface area contributed by atoms with Crippen molar-refractivity contribution in [1.82, 2.24) is 10.6 Å². The van der Waals surface area contributed by atoms with Crippen LogP contribution in [0, 0.1) is 0 Å². The van der Waals surface area contributed by atoms with Crippen molar-refractivity contribution in [2.24, 2.45) is 0 Å². The topological polar surface area (TPSA) is 78.4 Å². The average Bonchev–Trinajstić information content (AvgIpc) is 2.27. The van der Waals surface area contributed by atoms with E-state index in [4.69, 9.17) is 5.11 Å². The van der Waals surface area contributed by atoms with Crippen LogP contribution in [-0.4, -0.2) is 35.6 Å². The lowest BCUT2D eigenvalue weighted by molar-refractivity contribution is -0.139. The number of hydrogen-bond acceptors (Lipinski definition) is 3. The molecule has 0 aliphatic heterocycles. The highest BCUT2D eigenvalue weighted by molar-refractivity contribution is 5.80. The van der Waals surface area contributed by atoms with Crippen LogP contribution in [0.25, 0.3) is 0 Å². The summed E-state index contributed by atoms with van der Waals surface area (Å²) in [6, 6.07) is -0.403. The summed E-state index contributed by atoms with van der Waals surface area (Å²) in [6.07, 6.45) is 5.68. The van der Waals surface area contributed by atoms with Crippen molar-refractivity contribution in [3.63, 3.8) is 0 Å². The van der Waals surface area contributed by atoms with Crippen molar-refractivity contribution in [3.8, 4) is 0 Å². The Morgan fingerprint density at radius 1 is 1.31 bits per heavy atom. The van der Waals surface area contributed by atoms with E-state index in [2.05, 4.69) is 10.6 Å².